The zero-order chi connectivity index (χ0) is 13.8. The lowest BCUT2D eigenvalue weighted by atomic mass is 9.76. The van der Waals surface area contributed by atoms with Gasteiger partial charge in [-0.3, -0.25) is 0 Å². The van der Waals surface area contributed by atoms with Crippen LogP contribution in [0.1, 0.15) is 36.6 Å². The van der Waals surface area contributed by atoms with Crippen molar-refractivity contribution in [2.75, 3.05) is 6.54 Å². The van der Waals surface area contributed by atoms with E-state index in [1.165, 1.54) is 18.4 Å². The van der Waals surface area contributed by atoms with E-state index in [4.69, 9.17) is 11.6 Å². The summed E-state index contributed by atoms with van der Waals surface area (Å²) in [5.41, 5.74) is 1.42. The van der Waals surface area contributed by atoms with Gasteiger partial charge in [-0.15, -0.1) is 0 Å². The maximum atomic E-state index is 5.91. The molecule has 1 heterocycles. The molecular weight excluding hydrogens is 270 g/mol. The Morgan fingerprint density at radius 2 is 2.05 bits per heavy atom. The Hall–Kier alpha value is -1.32. The minimum Gasteiger partial charge on any atom is -0.349 e. The lowest BCUT2D eigenvalue weighted by Gasteiger charge is -2.36. The summed E-state index contributed by atoms with van der Waals surface area (Å²) in [7, 11) is 0. The topological polar surface area (TPSA) is 40.7 Å². The molecule has 0 amide bonds. The summed E-state index contributed by atoms with van der Waals surface area (Å²) < 4.78 is 0. The van der Waals surface area contributed by atoms with Crippen LogP contribution in [0.3, 0.4) is 0 Å². The lowest BCUT2D eigenvalue weighted by molar-refractivity contribution is 0.290. The predicted octanol–water partition coefficient (Wildman–Crippen LogP) is 3.53. The number of rotatable bonds is 6. The summed E-state index contributed by atoms with van der Waals surface area (Å²) in [4.78, 5) is 7.37. The largest absolute Gasteiger partial charge is 0.349 e. The fourth-order valence-corrected chi connectivity index (χ4v) is 2.91. The molecule has 3 rings (SSSR count). The van der Waals surface area contributed by atoms with Crippen molar-refractivity contribution in [3.63, 3.8) is 0 Å². The van der Waals surface area contributed by atoms with Gasteiger partial charge in [0.15, 0.2) is 0 Å². The fraction of sp³-hybridized carbons (Fsp3) is 0.438. The summed E-state index contributed by atoms with van der Waals surface area (Å²) in [5.74, 6) is 1.79. The average molecular weight is 290 g/mol. The van der Waals surface area contributed by atoms with Crippen LogP contribution in [0, 0.1) is 0 Å². The lowest BCUT2D eigenvalue weighted by Crippen LogP contribution is -2.40. The number of imidazole rings is 1. The van der Waals surface area contributed by atoms with Crippen LogP contribution in [0.5, 0.6) is 0 Å². The smallest absolute Gasteiger partial charge is 0.106 e. The molecule has 2 aromatic rings. The highest BCUT2D eigenvalue weighted by Crippen LogP contribution is 2.37. The van der Waals surface area contributed by atoms with Crippen molar-refractivity contribution >= 4 is 11.6 Å². The van der Waals surface area contributed by atoms with Gasteiger partial charge in [-0.2, -0.15) is 0 Å². The second kappa shape index (κ2) is 6.42. The summed E-state index contributed by atoms with van der Waals surface area (Å²) in [6, 6.07) is 8.95. The molecular formula is C16H20ClN3. The summed E-state index contributed by atoms with van der Waals surface area (Å²) in [5, 5.41) is 4.44. The molecule has 0 unspecified atom stereocenters. The molecule has 1 aromatic heterocycles. The van der Waals surface area contributed by atoms with Crippen LogP contribution in [0.15, 0.2) is 36.7 Å². The molecule has 0 spiro atoms. The molecule has 0 radical (unpaired) electrons. The van der Waals surface area contributed by atoms with Crippen molar-refractivity contribution in [1.29, 1.82) is 0 Å². The summed E-state index contributed by atoms with van der Waals surface area (Å²) in [6.45, 7) is 1.07. The Morgan fingerprint density at radius 1 is 1.25 bits per heavy atom. The van der Waals surface area contributed by atoms with Crippen LogP contribution in [-0.4, -0.2) is 22.6 Å². The number of hydrogen-bond donors (Lipinski definition) is 2. The number of hydrogen-bond acceptors (Lipinski definition) is 2. The molecule has 2 N–H and O–H groups in total. The number of nitrogens with zero attached hydrogens (tertiary/aromatic N) is 1. The minimum absolute atomic E-state index is 0.673. The van der Waals surface area contributed by atoms with E-state index in [0.29, 0.717) is 12.0 Å². The van der Waals surface area contributed by atoms with E-state index < -0.39 is 0 Å². The highest BCUT2D eigenvalue weighted by atomic mass is 35.5. The molecule has 1 aliphatic rings. The first kappa shape index (κ1) is 13.7. The van der Waals surface area contributed by atoms with Crippen molar-refractivity contribution in [2.45, 2.75) is 37.6 Å². The molecule has 1 aliphatic carbocycles. The van der Waals surface area contributed by atoms with Crippen molar-refractivity contribution in [3.05, 3.63) is 53.1 Å². The van der Waals surface area contributed by atoms with E-state index in [1.54, 1.807) is 0 Å². The Morgan fingerprint density at radius 3 is 2.75 bits per heavy atom. The van der Waals surface area contributed by atoms with Crippen LogP contribution >= 0.6 is 11.6 Å². The number of aromatic nitrogens is 2. The van der Waals surface area contributed by atoms with Gasteiger partial charge in [-0.1, -0.05) is 23.7 Å². The van der Waals surface area contributed by atoms with Gasteiger partial charge in [0.25, 0.3) is 0 Å². The number of H-pyrrole nitrogens is 1. The van der Waals surface area contributed by atoms with Gasteiger partial charge in [0.1, 0.15) is 5.82 Å². The Bertz CT molecular complexity index is 515. The molecule has 106 valence electrons. The molecule has 3 nitrogen and oxygen atoms in total. The average Bonchev–Trinajstić information content (AvgIpc) is 2.91. The summed E-state index contributed by atoms with van der Waals surface area (Å²) >= 11 is 5.91. The van der Waals surface area contributed by atoms with Crippen molar-refractivity contribution < 1.29 is 0 Å². The van der Waals surface area contributed by atoms with Crippen LogP contribution in [0.25, 0.3) is 0 Å². The molecule has 0 saturated heterocycles. The zero-order valence-electron chi connectivity index (χ0n) is 11.5. The van der Waals surface area contributed by atoms with E-state index >= 15 is 0 Å². The standard InChI is InChI=1S/C16H20ClN3/c17-14-5-3-12(4-6-14)13-10-15(11-13)18-7-1-2-16-19-8-9-20-16/h3-6,8-9,13,15,18H,1-2,7,10-11H2,(H,19,20). The molecule has 0 atom stereocenters. The molecule has 0 aliphatic heterocycles. The first-order valence-electron chi connectivity index (χ1n) is 7.28. The summed E-state index contributed by atoms with van der Waals surface area (Å²) in [6.07, 6.45) is 8.32. The first-order chi connectivity index (χ1) is 9.81. The Kier molecular flexibility index (Phi) is 4.38. The van der Waals surface area contributed by atoms with Crippen LogP contribution in [-0.2, 0) is 6.42 Å². The molecule has 1 saturated carbocycles. The van der Waals surface area contributed by atoms with Crippen molar-refractivity contribution in [1.82, 2.24) is 15.3 Å². The number of benzene rings is 1. The third kappa shape index (κ3) is 3.41. The molecule has 20 heavy (non-hydrogen) atoms. The van der Waals surface area contributed by atoms with E-state index in [9.17, 15) is 0 Å². The maximum Gasteiger partial charge on any atom is 0.106 e. The highest BCUT2D eigenvalue weighted by molar-refractivity contribution is 6.30. The third-order valence-corrected chi connectivity index (χ3v) is 4.31. The van der Waals surface area contributed by atoms with Gasteiger partial charge in [0, 0.05) is 29.9 Å². The van der Waals surface area contributed by atoms with E-state index in [0.717, 1.165) is 30.2 Å². The monoisotopic (exact) mass is 289 g/mol. The zero-order valence-corrected chi connectivity index (χ0v) is 12.2. The second-order valence-electron chi connectivity index (χ2n) is 5.51. The number of aromatic amines is 1. The second-order valence-corrected chi connectivity index (χ2v) is 5.95. The SMILES string of the molecule is Clc1ccc(C2CC(NCCCc3ncc[nH]3)C2)cc1. The van der Waals surface area contributed by atoms with E-state index in [2.05, 4.69) is 27.4 Å². The highest BCUT2D eigenvalue weighted by Gasteiger charge is 2.29. The van der Waals surface area contributed by atoms with Gasteiger partial charge in [0.05, 0.1) is 0 Å². The Labute approximate surface area is 124 Å². The number of halogens is 1. The molecule has 1 fully saturated rings. The van der Waals surface area contributed by atoms with Gasteiger partial charge in [-0.25, -0.2) is 4.98 Å². The quantitative estimate of drug-likeness (QED) is 0.799. The predicted molar refractivity (Wildman–Crippen MR) is 82.1 cm³/mol. The fourth-order valence-electron chi connectivity index (χ4n) is 2.79. The first-order valence-corrected chi connectivity index (χ1v) is 7.66. The molecule has 4 heteroatoms. The Balaban J connectivity index is 1.33. The van der Waals surface area contributed by atoms with Gasteiger partial charge in [-0.05, 0) is 49.4 Å². The minimum atomic E-state index is 0.673. The van der Waals surface area contributed by atoms with Gasteiger partial charge >= 0.3 is 0 Å². The third-order valence-electron chi connectivity index (χ3n) is 4.06. The van der Waals surface area contributed by atoms with Crippen LogP contribution in [0.2, 0.25) is 5.02 Å². The van der Waals surface area contributed by atoms with Crippen LogP contribution in [0.4, 0.5) is 0 Å². The molecule has 0 bridgehead atoms. The van der Waals surface area contributed by atoms with Crippen molar-refractivity contribution in [2.24, 2.45) is 0 Å². The van der Waals surface area contributed by atoms with Gasteiger partial charge < -0.3 is 10.3 Å². The molecule has 1 aromatic carbocycles. The maximum absolute atomic E-state index is 5.91. The normalized spacial score (nSPS) is 21.6. The van der Waals surface area contributed by atoms with Crippen LogP contribution < -0.4 is 5.32 Å². The van der Waals surface area contributed by atoms with Gasteiger partial charge in [0.2, 0.25) is 0 Å². The number of nitrogens with one attached hydrogen (secondary N) is 2. The van der Waals surface area contributed by atoms with E-state index in [1.807, 2.05) is 24.5 Å². The van der Waals surface area contributed by atoms with E-state index in [-0.39, 0.29) is 0 Å². The number of aryl methyl sites for hydroxylation is 1. The van der Waals surface area contributed by atoms with Crippen molar-refractivity contribution in [3.8, 4) is 0 Å².